The van der Waals surface area contributed by atoms with Gasteiger partial charge >= 0.3 is 5.91 Å². The molecule has 0 aliphatic heterocycles. The van der Waals surface area contributed by atoms with Gasteiger partial charge in [-0.3, -0.25) is 9.59 Å². The number of nitrogens with one attached hydrogen (secondary N) is 1. The van der Waals surface area contributed by atoms with Gasteiger partial charge in [0.15, 0.2) is 5.69 Å². The number of aromatic hydroxyl groups is 1. The lowest BCUT2D eigenvalue weighted by molar-refractivity contribution is 0.0134. The van der Waals surface area contributed by atoms with E-state index >= 15 is 0 Å². The molecule has 0 bridgehead atoms. The van der Waals surface area contributed by atoms with E-state index in [2.05, 4.69) is 9.97 Å². The average Bonchev–Trinajstić information content (AvgIpc) is 2.83. The Morgan fingerprint density at radius 1 is 1.12 bits per heavy atom. The van der Waals surface area contributed by atoms with Crippen LogP contribution in [0.3, 0.4) is 0 Å². The van der Waals surface area contributed by atoms with E-state index in [4.69, 9.17) is 9.47 Å². The third-order valence-electron chi connectivity index (χ3n) is 4.42. The van der Waals surface area contributed by atoms with Gasteiger partial charge in [-0.05, 0) is 11.6 Å². The van der Waals surface area contributed by atoms with E-state index in [1.807, 2.05) is 13.8 Å². The topological polar surface area (TPSA) is 105 Å². The quantitative estimate of drug-likeness (QED) is 0.539. The van der Waals surface area contributed by atoms with Gasteiger partial charge in [0.2, 0.25) is 5.75 Å². The molecule has 170 valence electrons. The van der Waals surface area contributed by atoms with Crippen LogP contribution in [0.15, 0.2) is 59.4 Å². The van der Waals surface area contributed by atoms with Gasteiger partial charge in [0, 0.05) is 12.7 Å². The highest BCUT2D eigenvalue weighted by Crippen LogP contribution is 2.25. The fraction of sp³-hybridized carbons (Fsp3) is 0.261. The van der Waals surface area contributed by atoms with Gasteiger partial charge < -0.3 is 19.6 Å². The minimum atomic E-state index is -1.27. The summed E-state index contributed by atoms with van der Waals surface area (Å²) in [6, 6.07) is 15.4. The molecule has 3 aromatic rings. The smallest absolute Gasteiger partial charge is 0.304 e. The summed E-state index contributed by atoms with van der Waals surface area (Å²) in [4.78, 5) is 31.2. The number of H-pyrrole nitrogens is 1. The van der Waals surface area contributed by atoms with Crippen molar-refractivity contribution in [3.05, 3.63) is 87.6 Å². The molecule has 0 spiro atoms. The van der Waals surface area contributed by atoms with E-state index in [1.54, 1.807) is 54.6 Å². The number of halogens is 1. The van der Waals surface area contributed by atoms with Crippen LogP contribution in [0.5, 0.6) is 11.5 Å². The van der Waals surface area contributed by atoms with Gasteiger partial charge in [0.25, 0.3) is 5.56 Å². The number of hydrogen-bond donors (Lipinski definition) is 2. The molecule has 1 aromatic heterocycles. The van der Waals surface area contributed by atoms with Crippen molar-refractivity contribution in [3.63, 3.8) is 0 Å². The summed E-state index contributed by atoms with van der Waals surface area (Å²) in [7, 11) is 2.82. The lowest BCUT2D eigenvalue weighted by atomic mass is 10.1. The van der Waals surface area contributed by atoms with Gasteiger partial charge in [-0.15, -0.1) is 0 Å². The molecule has 2 N–H and O–H groups in total. The van der Waals surface area contributed by atoms with Gasteiger partial charge in [-0.1, -0.05) is 66.9 Å². The summed E-state index contributed by atoms with van der Waals surface area (Å²) in [6.07, 6.45) is -0.826. The van der Waals surface area contributed by atoms with Crippen LogP contribution in [0.2, 0.25) is 0 Å². The van der Waals surface area contributed by atoms with Crippen molar-refractivity contribution < 1.29 is 23.9 Å². The zero-order valence-corrected chi connectivity index (χ0v) is 18.3. The molecule has 0 fully saturated rings. The van der Waals surface area contributed by atoms with Crippen LogP contribution in [0, 0.1) is 0 Å². The van der Waals surface area contributed by atoms with E-state index < -0.39 is 35.6 Å². The molecule has 1 unspecified atom stereocenters. The van der Waals surface area contributed by atoms with E-state index in [1.165, 1.54) is 14.2 Å². The molecule has 0 saturated heterocycles. The Morgan fingerprint density at radius 3 is 2.38 bits per heavy atom. The number of hydrogen-bond acceptors (Lipinski definition) is 6. The van der Waals surface area contributed by atoms with E-state index in [0.29, 0.717) is 16.9 Å². The van der Waals surface area contributed by atoms with Crippen molar-refractivity contribution in [3.8, 4) is 11.5 Å². The van der Waals surface area contributed by atoms with Crippen LogP contribution < -0.4 is 10.3 Å². The zero-order valence-electron chi connectivity index (χ0n) is 18.3. The zero-order chi connectivity index (χ0) is 23.7. The second-order valence-electron chi connectivity index (χ2n) is 6.31. The molecular formula is C23H26FN3O5. The van der Waals surface area contributed by atoms with Crippen LogP contribution in [0.1, 0.15) is 47.4 Å². The number of carbonyl (C=O) groups is 1. The standard InChI is InChI=1S/C21H20FN3O5.C2H6/c1-29-15-11-7-6-10-14(15)12-25(22)21(28)16-17(26)20(27)24-19(23-16)18(30-2)13-8-4-3-5-9-13;1-2/h3-11,18,26H,12H2,1-2H3,(H,23,24,27);1-2H3. The van der Waals surface area contributed by atoms with Crippen molar-refractivity contribution in [2.45, 2.75) is 26.5 Å². The van der Waals surface area contributed by atoms with Crippen molar-refractivity contribution in [2.24, 2.45) is 0 Å². The van der Waals surface area contributed by atoms with E-state index in [0.717, 1.165) is 0 Å². The van der Waals surface area contributed by atoms with Crippen LogP contribution in [0.4, 0.5) is 4.48 Å². The van der Waals surface area contributed by atoms with Crippen LogP contribution in [0.25, 0.3) is 0 Å². The summed E-state index contributed by atoms with van der Waals surface area (Å²) in [5.41, 5.74) is -0.644. The summed E-state index contributed by atoms with van der Waals surface area (Å²) in [5, 5.41) is 9.90. The first-order chi connectivity index (χ1) is 15.5. The lowest BCUT2D eigenvalue weighted by Gasteiger charge is -2.17. The van der Waals surface area contributed by atoms with Gasteiger partial charge in [0.1, 0.15) is 17.7 Å². The fourth-order valence-corrected chi connectivity index (χ4v) is 2.96. The lowest BCUT2D eigenvalue weighted by Crippen LogP contribution is -2.27. The number of aromatic amines is 1. The largest absolute Gasteiger partial charge is 0.501 e. The molecule has 1 amide bonds. The summed E-state index contributed by atoms with van der Waals surface area (Å²) in [6.45, 7) is 3.54. The molecule has 0 saturated carbocycles. The predicted octanol–water partition coefficient (Wildman–Crippen LogP) is 3.77. The summed E-state index contributed by atoms with van der Waals surface area (Å²) in [5.74, 6) is -1.90. The third-order valence-corrected chi connectivity index (χ3v) is 4.42. The molecule has 3 rings (SSSR count). The number of nitrogens with zero attached hydrogens (tertiary/aromatic N) is 2. The third kappa shape index (κ3) is 5.50. The molecule has 0 aliphatic carbocycles. The second-order valence-corrected chi connectivity index (χ2v) is 6.31. The Kier molecular flexibility index (Phi) is 8.91. The Labute approximate surface area is 185 Å². The number of benzene rings is 2. The highest BCUT2D eigenvalue weighted by atomic mass is 19.2. The minimum absolute atomic E-state index is 0.0412. The highest BCUT2D eigenvalue weighted by molar-refractivity contribution is 5.94. The molecule has 1 atom stereocenters. The van der Waals surface area contributed by atoms with Crippen LogP contribution in [-0.2, 0) is 11.3 Å². The van der Waals surface area contributed by atoms with Crippen molar-refractivity contribution in [1.29, 1.82) is 0 Å². The Hall–Kier alpha value is -3.72. The fourth-order valence-electron chi connectivity index (χ4n) is 2.96. The first kappa shape index (κ1) is 24.5. The Morgan fingerprint density at radius 2 is 1.75 bits per heavy atom. The second kappa shape index (κ2) is 11.6. The first-order valence-corrected chi connectivity index (χ1v) is 9.96. The number of aromatic nitrogens is 2. The molecule has 9 heteroatoms. The predicted molar refractivity (Wildman–Crippen MR) is 117 cm³/mol. The normalized spacial score (nSPS) is 11.2. The molecular weight excluding hydrogens is 417 g/mol. The summed E-state index contributed by atoms with van der Waals surface area (Å²) >= 11 is 0. The molecule has 0 aliphatic rings. The monoisotopic (exact) mass is 443 g/mol. The van der Waals surface area contributed by atoms with Crippen molar-refractivity contribution in [1.82, 2.24) is 15.1 Å². The highest BCUT2D eigenvalue weighted by Gasteiger charge is 2.27. The minimum Gasteiger partial charge on any atom is -0.501 e. The van der Waals surface area contributed by atoms with Gasteiger partial charge in [-0.2, -0.15) is 5.12 Å². The van der Waals surface area contributed by atoms with Crippen LogP contribution in [-0.4, -0.2) is 40.3 Å². The maximum Gasteiger partial charge on any atom is 0.304 e. The average molecular weight is 443 g/mol. The molecule has 0 radical (unpaired) electrons. The molecule has 32 heavy (non-hydrogen) atoms. The summed E-state index contributed by atoms with van der Waals surface area (Å²) < 4.78 is 25.2. The van der Waals surface area contributed by atoms with Crippen LogP contribution >= 0.6 is 0 Å². The van der Waals surface area contributed by atoms with Gasteiger partial charge in [0.05, 0.1) is 13.7 Å². The number of para-hydroxylation sites is 1. The SMILES string of the molecule is CC.COc1ccccc1CN(F)C(=O)c1nc(C(OC)c2ccccc2)[nH]c(=O)c1O. The van der Waals surface area contributed by atoms with Gasteiger partial charge in [-0.25, -0.2) is 4.98 Å². The van der Waals surface area contributed by atoms with Crippen molar-refractivity contribution >= 4 is 5.91 Å². The van der Waals surface area contributed by atoms with Crippen molar-refractivity contribution in [2.75, 3.05) is 14.2 Å². The molecule has 2 aromatic carbocycles. The molecule has 1 heterocycles. The number of carbonyl (C=O) groups excluding carboxylic acids is 1. The molecule has 8 nitrogen and oxygen atoms in total. The Balaban J connectivity index is 0.00000176. The Bertz CT molecular complexity index is 1090. The number of rotatable bonds is 7. The first-order valence-electron chi connectivity index (χ1n) is 9.96. The maximum absolute atomic E-state index is 14.7. The number of amides is 1. The van der Waals surface area contributed by atoms with E-state index in [9.17, 15) is 19.2 Å². The number of ether oxygens (including phenoxy) is 2. The van der Waals surface area contributed by atoms with E-state index in [-0.39, 0.29) is 10.9 Å². The number of methoxy groups -OCH3 is 2. The maximum atomic E-state index is 14.7.